The second-order valence-electron chi connectivity index (χ2n) is 5.42. The molecule has 1 aromatic heterocycles. The van der Waals surface area contributed by atoms with Gasteiger partial charge in [-0.1, -0.05) is 13.8 Å². The Labute approximate surface area is 126 Å². The van der Waals surface area contributed by atoms with E-state index in [0.29, 0.717) is 18.8 Å². The lowest BCUT2D eigenvalue weighted by Crippen LogP contribution is -2.38. The van der Waals surface area contributed by atoms with Gasteiger partial charge in [0.25, 0.3) is 0 Å². The number of rotatable bonds is 8. The van der Waals surface area contributed by atoms with Gasteiger partial charge >= 0.3 is 10.3 Å². The lowest BCUT2D eigenvalue weighted by molar-refractivity contribution is -0.130. The highest BCUT2D eigenvalue weighted by Crippen LogP contribution is 2.38. The summed E-state index contributed by atoms with van der Waals surface area (Å²) in [6, 6.07) is 3.46. The minimum absolute atomic E-state index is 0.142. The molecule has 0 aromatic carbocycles. The van der Waals surface area contributed by atoms with Crippen LogP contribution in [0.3, 0.4) is 0 Å². The van der Waals surface area contributed by atoms with Crippen molar-refractivity contribution in [2.75, 3.05) is 13.1 Å². The van der Waals surface area contributed by atoms with E-state index in [1.54, 1.807) is 46.0 Å². The largest absolute Gasteiger partial charge is 0.363 e. The van der Waals surface area contributed by atoms with E-state index in [2.05, 4.69) is 4.98 Å². The van der Waals surface area contributed by atoms with E-state index >= 15 is 0 Å². The van der Waals surface area contributed by atoms with Crippen LogP contribution in [-0.4, -0.2) is 36.6 Å². The number of nitrogens with zero attached hydrogens (tertiary/aromatic N) is 1. The Morgan fingerprint density at radius 3 is 2.33 bits per heavy atom. The summed E-state index contributed by atoms with van der Waals surface area (Å²) in [5.74, 6) is -0.142. The van der Waals surface area contributed by atoms with Crippen LogP contribution in [0.5, 0.6) is 0 Å². The van der Waals surface area contributed by atoms with Crippen molar-refractivity contribution < 1.29 is 17.4 Å². The first kappa shape index (κ1) is 17.9. The van der Waals surface area contributed by atoms with Gasteiger partial charge in [0, 0.05) is 25.0 Å². The third kappa shape index (κ3) is 3.93. The van der Waals surface area contributed by atoms with Gasteiger partial charge in [0.15, 0.2) is 0 Å². The maximum Gasteiger partial charge on any atom is 0.339 e. The quantitative estimate of drug-likeness (QED) is 0.798. The summed E-state index contributed by atoms with van der Waals surface area (Å²) in [6.45, 7) is 8.91. The molecule has 7 heteroatoms. The molecule has 0 saturated heterocycles. The van der Waals surface area contributed by atoms with Crippen LogP contribution in [0.1, 0.15) is 46.4 Å². The number of Topliss-reactive ketones (excluding diaryl/α,β-unsaturated/α-hetero) is 1. The Balaban J connectivity index is 3.20. The van der Waals surface area contributed by atoms with Gasteiger partial charge in [-0.15, -0.1) is 0 Å². The zero-order chi connectivity index (χ0) is 16.3. The van der Waals surface area contributed by atoms with Crippen molar-refractivity contribution in [3.8, 4) is 0 Å². The topological polar surface area (TPSA) is 79.5 Å². The fourth-order valence-corrected chi connectivity index (χ4v) is 3.32. The van der Waals surface area contributed by atoms with Gasteiger partial charge < -0.3 is 4.98 Å². The molecule has 0 spiro atoms. The number of hydrogen-bond acceptors (Lipinski definition) is 4. The lowest BCUT2D eigenvalue weighted by Gasteiger charge is -2.32. The van der Waals surface area contributed by atoms with E-state index in [9.17, 15) is 13.2 Å². The fraction of sp³-hybridized carbons (Fsp3) is 0.643. The summed E-state index contributed by atoms with van der Waals surface area (Å²) >= 11 is 0. The van der Waals surface area contributed by atoms with Crippen LogP contribution < -0.4 is 0 Å². The molecule has 21 heavy (non-hydrogen) atoms. The highest BCUT2D eigenvalue weighted by atomic mass is 32.2. The molecular formula is C14H24N2O4S. The summed E-state index contributed by atoms with van der Waals surface area (Å²) in [5.41, 5.74) is -0.406. The zero-order valence-corrected chi connectivity index (χ0v) is 14.0. The second kappa shape index (κ2) is 6.72. The van der Waals surface area contributed by atoms with Gasteiger partial charge in [0.1, 0.15) is 11.9 Å². The fourth-order valence-electron chi connectivity index (χ4n) is 1.98. The molecule has 0 amide bonds. The van der Waals surface area contributed by atoms with Crippen LogP contribution in [0.25, 0.3) is 0 Å². The number of nitrogens with one attached hydrogen (secondary N) is 1. The standard InChI is InChI=1S/C14H24N2O4S/c1-6-16(7-2)21(18,19)20-13(12-9-8-10-15-12)14(4,5)11(3)17/h8-10,13,15H,6-7H2,1-5H3. The molecule has 0 aliphatic rings. The molecule has 0 bridgehead atoms. The number of hydrogen-bond donors (Lipinski definition) is 1. The molecule has 1 N–H and O–H groups in total. The summed E-state index contributed by atoms with van der Waals surface area (Å²) in [4.78, 5) is 14.8. The molecule has 0 saturated carbocycles. The van der Waals surface area contributed by atoms with Gasteiger partial charge in [0.2, 0.25) is 0 Å². The van der Waals surface area contributed by atoms with Crippen molar-refractivity contribution in [2.24, 2.45) is 5.41 Å². The molecule has 0 radical (unpaired) electrons. The minimum Gasteiger partial charge on any atom is -0.363 e. The average Bonchev–Trinajstić information content (AvgIpc) is 2.90. The van der Waals surface area contributed by atoms with Crippen molar-refractivity contribution in [3.63, 3.8) is 0 Å². The van der Waals surface area contributed by atoms with E-state index in [0.717, 1.165) is 0 Å². The van der Waals surface area contributed by atoms with E-state index in [4.69, 9.17) is 4.18 Å². The second-order valence-corrected chi connectivity index (χ2v) is 6.99. The number of H-pyrrole nitrogens is 1. The van der Waals surface area contributed by atoms with Crippen LogP contribution in [0, 0.1) is 5.41 Å². The number of carbonyl (C=O) groups excluding carboxylic acids is 1. The van der Waals surface area contributed by atoms with Gasteiger partial charge in [-0.05, 0) is 32.9 Å². The minimum atomic E-state index is -3.90. The molecule has 1 atom stereocenters. The van der Waals surface area contributed by atoms with E-state index in [1.165, 1.54) is 11.2 Å². The first-order chi connectivity index (χ1) is 9.66. The first-order valence-corrected chi connectivity index (χ1v) is 8.36. The monoisotopic (exact) mass is 316 g/mol. The Kier molecular flexibility index (Phi) is 5.72. The predicted molar refractivity (Wildman–Crippen MR) is 80.9 cm³/mol. The van der Waals surface area contributed by atoms with Crippen LogP contribution in [0.4, 0.5) is 0 Å². The Morgan fingerprint density at radius 1 is 1.38 bits per heavy atom. The molecule has 1 rings (SSSR count). The van der Waals surface area contributed by atoms with Crippen LogP contribution in [0.2, 0.25) is 0 Å². The smallest absolute Gasteiger partial charge is 0.339 e. The summed E-state index contributed by atoms with van der Waals surface area (Å²) in [7, 11) is -3.90. The van der Waals surface area contributed by atoms with Crippen LogP contribution in [-0.2, 0) is 19.3 Å². The average molecular weight is 316 g/mol. The molecular weight excluding hydrogens is 292 g/mol. The van der Waals surface area contributed by atoms with E-state index in [-0.39, 0.29) is 5.78 Å². The van der Waals surface area contributed by atoms with Crippen molar-refractivity contribution in [1.82, 2.24) is 9.29 Å². The van der Waals surface area contributed by atoms with Gasteiger partial charge in [0.05, 0.1) is 5.41 Å². The number of carbonyl (C=O) groups is 1. The van der Waals surface area contributed by atoms with E-state index in [1.807, 2.05) is 0 Å². The summed E-state index contributed by atoms with van der Waals surface area (Å²) < 4.78 is 31.3. The molecule has 120 valence electrons. The number of aromatic amines is 1. The Bertz CT molecular complexity index is 560. The third-order valence-electron chi connectivity index (χ3n) is 3.71. The number of ketones is 1. The molecule has 1 unspecified atom stereocenters. The molecule has 1 heterocycles. The molecule has 0 fully saturated rings. The Morgan fingerprint density at radius 2 is 1.95 bits per heavy atom. The zero-order valence-electron chi connectivity index (χ0n) is 13.2. The molecule has 1 aromatic rings. The van der Waals surface area contributed by atoms with Gasteiger partial charge in [-0.3, -0.25) is 4.79 Å². The molecule has 0 aliphatic carbocycles. The SMILES string of the molecule is CCN(CC)S(=O)(=O)OC(c1ccc[nH]1)C(C)(C)C(C)=O. The summed E-state index contributed by atoms with van der Waals surface area (Å²) in [6.07, 6.45) is 0.780. The van der Waals surface area contributed by atoms with Crippen molar-refractivity contribution >= 4 is 16.1 Å². The maximum absolute atomic E-state index is 12.3. The van der Waals surface area contributed by atoms with Gasteiger partial charge in [-0.25, -0.2) is 4.18 Å². The lowest BCUT2D eigenvalue weighted by atomic mass is 9.81. The van der Waals surface area contributed by atoms with Crippen molar-refractivity contribution in [3.05, 3.63) is 24.0 Å². The van der Waals surface area contributed by atoms with Crippen molar-refractivity contribution in [2.45, 2.75) is 40.7 Å². The van der Waals surface area contributed by atoms with Crippen molar-refractivity contribution in [1.29, 1.82) is 0 Å². The summed E-state index contributed by atoms with van der Waals surface area (Å²) in [5, 5.41) is 0. The Hall–Kier alpha value is -1.18. The highest BCUT2D eigenvalue weighted by Gasteiger charge is 2.41. The van der Waals surface area contributed by atoms with Crippen LogP contribution >= 0.6 is 0 Å². The van der Waals surface area contributed by atoms with Crippen LogP contribution in [0.15, 0.2) is 18.3 Å². The van der Waals surface area contributed by atoms with E-state index < -0.39 is 21.8 Å². The third-order valence-corrected chi connectivity index (χ3v) is 5.29. The molecule has 0 aliphatic heterocycles. The van der Waals surface area contributed by atoms with Gasteiger partial charge in [-0.2, -0.15) is 12.7 Å². The first-order valence-electron chi connectivity index (χ1n) is 6.99. The molecule has 6 nitrogen and oxygen atoms in total. The predicted octanol–water partition coefficient (Wildman–Crippen LogP) is 2.27. The maximum atomic E-state index is 12.3. The normalized spacial score (nSPS) is 14.4. The highest BCUT2D eigenvalue weighted by molar-refractivity contribution is 7.84. The number of aromatic nitrogens is 1.